The average molecular weight is 225 g/mol. The van der Waals surface area contributed by atoms with Crippen molar-refractivity contribution in [2.45, 2.75) is 50.9 Å². The molecular weight excluding hydrogens is 207 g/mol. The highest BCUT2D eigenvalue weighted by molar-refractivity contribution is 4.70. The summed E-state index contributed by atoms with van der Waals surface area (Å²) >= 11 is 0. The highest BCUT2D eigenvalue weighted by atomic mass is 19.4. The molecule has 1 N–H and O–H groups in total. The van der Waals surface area contributed by atoms with Gasteiger partial charge in [-0.2, -0.15) is 0 Å². The zero-order valence-electron chi connectivity index (χ0n) is 8.78. The largest absolute Gasteiger partial charge is 0.522 e. The van der Waals surface area contributed by atoms with Crippen LogP contribution in [0.1, 0.15) is 38.5 Å². The SMILES string of the molecule is FC(F)(F)OCCNC1CCCCCC1. The van der Waals surface area contributed by atoms with E-state index < -0.39 is 6.36 Å². The molecule has 1 aliphatic carbocycles. The van der Waals surface area contributed by atoms with Gasteiger partial charge < -0.3 is 5.32 Å². The first-order valence-electron chi connectivity index (χ1n) is 5.52. The van der Waals surface area contributed by atoms with Crippen LogP contribution in [-0.2, 0) is 4.74 Å². The van der Waals surface area contributed by atoms with Crippen molar-refractivity contribution < 1.29 is 17.9 Å². The van der Waals surface area contributed by atoms with Gasteiger partial charge in [-0.15, -0.1) is 13.2 Å². The van der Waals surface area contributed by atoms with Gasteiger partial charge in [-0.3, -0.25) is 4.74 Å². The normalized spacial score (nSPS) is 20.2. The number of hydrogen-bond donors (Lipinski definition) is 1. The van der Waals surface area contributed by atoms with Gasteiger partial charge in [0, 0.05) is 12.6 Å². The zero-order chi connectivity index (χ0) is 11.1. The first kappa shape index (κ1) is 12.8. The number of halogens is 3. The van der Waals surface area contributed by atoms with Gasteiger partial charge in [-0.25, -0.2) is 0 Å². The van der Waals surface area contributed by atoms with Crippen LogP contribution in [0, 0.1) is 0 Å². The highest BCUT2D eigenvalue weighted by Gasteiger charge is 2.28. The molecule has 1 fully saturated rings. The lowest BCUT2D eigenvalue weighted by Crippen LogP contribution is -2.32. The molecule has 0 aromatic carbocycles. The summed E-state index contributed by atoms with van der Waals surface area (Å²) in [5.74, 6) is 0. The Morgan fingerprint density at radius 1 is 1.07 bits per heavy atom. The second kappa shape index (κ2) is 6.33. The van der Waals surface area contributed by atoms with Crippen LogP contribution in [0.5, 0.6) is 0 Å². The van der Waals surface area contributed by atoms with Crippen LogP contribution in [0.2, 0.25) is 0 Å². The van der Waals surface area contributed by atoms with Gasteiger partial charge in [0.05, 0.1) is 6.61 Å². The second-order valence-corrected chi connectivity index (χ2v) is 3.94. The van der Waals surface area contributed by atoms with E-state index in [1.165, 1.54) is 25.7 Å². The summed E-state index contributed by atoms with van der Waals surface area (Å²) in [6.45, 7) is -0.00975. The van der Waals surface area contributed by atoms with E-state index in [4.69, 9.17) is 0 Å². The molecule has 2 nitrogen and oxygen atoms in total. The molecule has 0 amide bonds. The Morgan fingerprint density at radius 3 is 2.20 bits per heavy atom. The van der Waals surface area contributed by atoms with Crippen LogP contribution in [-0.4, -0.2) is 25.6 Å². The number of ether oxygens (including phenoxy) is 1. The maximum atomic E-state index is 11.6. The summed E-state index contributed by atoms with van der Waals surface area (Å²) in [6.07, 6.45) is 2.51. The maximum Gasteiger partial charge on any atom is 0.522 e. The Kier molecular flexibility index (Phi) is 5.39. The first-order chi connectivity index (χ1) is 7.08. The Balaban J connectivity index is 2.03. The van der Waals surface area contributed by atoms with Gasteiger partial charge in [0.2, 0.25) is 0 Å². The zero-order valence-corrected chi connectivity index (χ0v) is 8.78. The van der Waals surface area contributed by atoms with Crippen LogP contribution in [0.3, 0.4) is 0 Å². The van der Waals surface area contributed by atoms with E-state index in [1.54, 1.807) is 0 Å². The highest BCUT2D eigenvalue weighted by Crippen LogP contribution is 2.17. The van der Waals surface area contributed by atoms with Crippen molar-refractivity contribution in [3.8, 4) is 0 Å². The van der Waals surface area contributed by atoms with E-state index in [1.807, 2.05) is 0 Å². The molecule has 0 aromatic rings. The van der Waals surface area contributed by atoms with E-state index in [0.717, 1.165) is 12.8 Å². The summed E-state index contributed by atoms with van der Waals surface area (Å²) in [6, 6.07) is 0.379. The van der Waals surface area contributed by atoms with E-state index in [9.17, 15) is 13.2 Å². The van der Waals surface area contributed by atoms with Gasteiger partial charge in [0.25, 0.3) is 0 Å². The van der Waals surface area contributed by atoms with E-state index >= 15 is 0 Å². The van der Waals surface area contributed by atoms with Gasteiger partial charge in [0.15, 0.2) is 0 Å². The summed E-state index contributed by atoms with van der Waals surface area (Å²) in [5.41, 5.74) is 0. The molecule has 1 aliphatic rings. The Hall–Kier alpha value is -0.290. The predicted molar refractivity (Wildman–Crippen MR) is 51.5 cm³/mol. The summed E-state index contributed by atoms with van der Waals surface area (Å²) in [7, 11) is 0. The van der Waals surface area contributed by atoms with E-state index in [2.05, 4.69) is 10.1 Å². The van der Waals surface area contributed by atoms with Crippen molar-refractivity contribution in [1.29, 1.82) is 0 Å². The van der Waals surface area contributed by atoms with Crippen LogP contribution in [0.15, 0.2) is 0 Å². The molecule has 0 spiro atoms. The van der Waals surface area contributed by atoms with Crippen molar-refractivity contribution in [3.05, 3.63) is 0 Å². The fourth-order valence-corrected chi connectivity index (χ4v) is 1.91. The van der Waals surface area contributed by atoms with Crippen LogP contribution in [0.25, 0.3) is 0 Å². The minimum absolute atomic E-state index is 0.282. The molecular formula is C10H18F3NO. The number of hydrogen-bond acceptors (Lipinski definition) is 2. The third kappa shape index (κ3) is 6.73. The van der Waals surface area contributed by atoms with Gasteiger partial charge in [0.1, 0.15) is 0 Å². The molecule has 0 aliphatic heterocycles. The van der Waals surface area contributed by atoms with Crippen molar-refractivity contribution in [1.82, 2.24) is 5.32 Å². The third-order valence-electron chi connectivity index (χ3n) is 2.66. The number of alkyl halides is 3. The maximum absolute atomic E-state index is 11.6. The number of rotatable bonds is 4. The number of nitrogens with one attached hydrogen (secondary N) is 1. The molecule has 0 atom stereocenters. The Bertz CT molecular complexity index is 165. The van der Waals surface area contributed by atoms with Gasteiger partial charge in [-0.1, -0.05) is 25.7 Å². The monoisotopic (exact) mass is 225 g/mol. The van der Waals surface area contributed by atoms with Crippen molar-refractivity contribution in [3.63, 3.8) is 0 Å². The fraction of sp³-hybridized carbons (Fsp3) is 1.00. The lowest BCUT2D eigenvalue weighted by atomic mass is 10.1. The van der Waals surface area contributed by atoms with Crippen molar-refractivity contribution in [2.24, 2.45) is 0 Å². The van der Waals surface area contributed by atoms with E-state index in [-0.39, 0.29) is 13.2 Å². The first-order valence-corrected chi connectivity index (χ1v) is 5.52. The minimum Gasteiger partial charge on any atom is -0.312 e. The topological polar surface area (TPSA) is 21.3 Å². The van der Waals surface area contributed by atoms with E-state index in [0.29, 0.717) is 6.04 Å². The molecule has 0 unspecified atom stereocenters. The summed E-state index contributed by atoms with van der Waals surface area (Å²) < 4.78 is 38.6. The average Bonchev–Trinajstić information content (AvgIpc) is 2.39. The summed E-state index contributed by atoms with van der Waals surface area (Å²) in [4.78, 5) is 0. The molecule has 0 saturated heterocycles. The lowest BCUT2D eigenvalue weighted by Gasteiger charge is -2.16. The molecule has 0 heterocycles. The van der Waals surface area contributed by atoms with Gasteiger partial charge >= 0.3 is 6.36 Å². The second-order valence-electron chi connectivity index (χ2n) is 3.94. The minimum atomic E-state index is -4.49. The van der Waals surface area contributed by atoms with Crippen LogP contribution in [0.4, 0.5) is 13.2 Å². The predicted octanol–water partition coefficient (Wildman–Crippen LogP) is 2.84. The molecule has 90 valence electrons. The molecule has 5 heteroatoms. The smallest absolute Gasteiger partial charge is 0.312 e. The van der Waals surface area contributed by atoms with Crippen molar-refractivity contribution in [2.75, 3.05) is 13.2 Å². The molecule has 0 aromatic heterocycles. The third-order valence-corrected chi connectivity index (χ3v) is 2.66. The lowest BCUT2D eigenvalue weighted by molar-refractivity contribution is -0.323. The fourth-order valence-electron chi connectivity index (χ4n) is 1.91. The van der Waals surface area contributed by atoms with Crippen LogP contribution >= 0.6 is 0 Å². The standard InChI is InChI=1S/C10H18F3NO/c11-10(12,13)15-8-7-14-9-5-3-1-2-4-6-9/h9,14H,1-8H2. The van der Waals surface area contributed by atoms with Crippen molar-refractivity contribution >= 4 is 0 Å². The Labute approximate surface area is 88.2 Å². The summed E-state index contributed by atoms with van der Waals surface area (Å²) in [5, 5.41) is 3.11. The molecule has 0 radical (unpaired) electrons. The molecule has 1 rings (SSSR count). The van der Waals surface area contributed by atoms with Gasteiger partial charge in [-0.05, 0) is 12.8 Å². The van der Waals surface area contributed by atoms with Crippen LogP contribution < -0.4 is 5.32 Å². The quantitative estimate of drug-likeness (QED) is 0.586. The Morgan fingerprint density at radius 2 is 1.67 bits per heavy atom. The molecule has 0 bridgehead atoms. The molecule has 1 saturated carbocycles. The molecule has 15 heavy (non-hydrogen) atoms.